The van der Waals surface area contributed by atoms with Crippen LogP contribution < -0.4 is 4.90 Å². The molecule has 2 rings (SSSR count). The Kier molecular flexibility index (Phi) is 3.52. The van der Waals surface area contributed by atoms with Gasteiger partial charge in [0.1, 0.15) is 0 Å². The lowest BCUT2D eigenvalue weighted by Crippen LogP contribution is -2.34. The predicted molar refractivity (Wildman–Crippen MR) is 70.0 cm³/mol. The van der Waals surface area contributed by atoms with Crippen LogP contribution in [0.25, 0.3) is 0 Å². The first-order valence-corrected chi connectivity index (χ1v) is 6.61. The average molecular weight is 263 g/mol. The zero-order valence-corrected chi connectivity index (χ0v) is 11.0. The first kappa shape index (κ1) is 12.8. The van der Waals surface area contributed by atoms with Crippen molar-refractivity contribution in [3.05, 3.63) is 23.8 Å². The van der Waals surface area contributed by atoms with Crippen molar-refractivity contribution in [3.63, 3.8) is 0 Å². The molecule has 0 saturated carbocycles. The summed E-state index contributed by atoms with van der Waals surface area (Å²) >= 11 is 1.58. The number of hydrogen-bond donors (Lipinski definition) is 0. The van der Waals surface area contributed by atoms with E-state index < -0.39 is 0 Å². The molecule has 1 aliphatic rings. The van der Waals surface area contributed by atoms with Gasteiger partial charge in [0.25, 0.3) is 0 Å². The molecule has 4 nitrogen and oxygen atoms in total. The molecule has 0 atom stereocenters. The molecule has 1 aromatic rings. The molecule has 0 aromatic heterocycles. The minimum Gasteiger partial charge on any atom is -0.294 e. The van der Waals surface area contributed by atoms with E-state index in [4.69, 9.17) is 0 Å². The van der Waals surface area contributed by atoms with Gasteiger partial charge in [-0.05, 0) is 12.1 Å². The van der Waals surface area contributed by atoms with Crippen molar-refractivity contribution < 1.29 is 14.4 Å². The van der Waals surface area contributed by atoms with E-state index in [1.165, 1.54) is 13.8 Å². The molecule has 0 spiro atoms. The first-order chi connectivity index (χ1) is 8.52. The highest BCUT2D eigenvalue weighted by atomic mass is 32.2. The van der Waals surface area contributed by atoms with Gasteiger partial charge in [0.15, 0.2) is 5.78 Å². The lowest BCUT2D eigenvalue weighted by Gasteiger charge is -2.24. The number of amides is 2. The van der Waals surface area contributed by atoms with Crippen molar-refractivity contribution in [2.45, 2.75) is 25.2 Å². The van der Waals surface area contributed by atoms with Crippen LogP contribution in [0.5, 0.6) is 0 Å². The van der Waals surface area contributed by atoms with Crippen LogP contribution in [0, 0.1) is 0 Å². The van der Waals surface area contributed by atoms with Gasteiger partial charge < -0.3 is 0 Å². The lowest BCUT2D eigenvalue weighted by atomic mass is 10.0. The molecule has 1 aromatic carbocycles. The van der Waals surface area contributed by atoms with Gasteiger partial charge in [-0.15, -0.1) is 11.8 Å². The Labute approximate surface area is 109 Å². The second-order valence-corrected chi connectivity index (χ2v) is 5.18. The molecule has 0 aliphatic carbocycles. The zero-order chi connectivity index (χ0) is 13.3. The Morgan fingerprint density at radius 2 is 1.89 bits per heavy atom. The van der Waals surface area contributed by atoms with E-state index in [2.05, 4.69) is 0 Å². The van der Waals surface area contributed by atoms with Gasteiger partial charge in [-0.25, -0.2) is 0 Å². The van der Waals surface area contributed by atoms with Crippen molar-refractivity contribution in [2.24, 2.45) is 0 Å². The highest BCUT2D eigenvalue weighted by Crippen LogP contribution is 2.36. The lowest BCUT2D eigenvalue weighted by molar-refractivity contribution is -0.124. The highest BCUT2D eigenvalue weighted by Gasteiger charge is 2.27. The third-order valence-electron chi connectivity index (χ3n) is 2.74. The third-order valence-corrected chi connectivity index (χ3v) is 3.80. The number of rotatable bonds is 1. The first-order valence-electron chi connectivity index (χ1n) is 5.62. The number of benzene rings is 1. The maximum Gasteiger partial charge on any atom is 0.230 e. The number of fused-ring (bicyclic) bond motifs is 1. The molecule has 0 fully saturated rings. The standard InChI is InChI=1S/C13H13NO3S/c1-8(15)14(9(2)16)10-4-3-5-12-13(10)11(17)6-7-18-12/h3-5H,6-7H2,1-2H3. The van der Waals surface area contributed by atoms with Crippen LogP contribution in [0.3, 0.4) is 0 Å². The van der Waals surface area contributed by atoms with E-state index in [1.807, 2.05) is 6.07 Å². The maximum atomic E-state index is 12.0. The smallest absolute Gasteiger partial charge is 0.230 e. The van der Waals surface area contributed by atoms with Gasteiger partial charge >= 0.3 is 0 Å². The summed E-state index contributed by atoms with van der Waals surface area (Å²) in [6.45, 7) is 2.64. The number of carbonyl (C=O) groups excluding carboxylic acids is 3. The number of Topliss-reactive ketones (excluding diaryl/α,β-unsaturated/α-hetero) is 1. The molecule has 0 N–H and O–H groups in total. The van der Waals surface area contributed by atoms with E-state index in [9.17, 15) is 14.4 Å². The molecule has 0 saturated heterocycles. The fourth-order valence-electron chi connectivity index (χ4n) is 2.05. The maximum absolute atomic E-state index is 12.0. The number of anilines is 1. The molecule has 2 amide bonds. The largest absolute Gasteiger partial charge is 0.294 e. The van der Waals surface area contributed by atoms with E-state index in [0.717, 1.165) is 15.5 Å². The minimum absolute atomic E-state index is 0.00755. The second-order valence-electron chi connectivity index (χ2n) is 4.05. The summed E-state index contributed by atoms with van der Waals surface area (Å²) in [7, 11) is 0. The van der Waals surface area contributed by atoms with Gasteiger partial charge in [-0.3, -0.25) is 19.3 Å². The van der Waals surface area contributed by atoms with Gasteiger partial charge in [-0.2, -0.15) is 0 Å². The van der Waals surface area contributed by atoms with Crippen LogP contribution in [-0.4, -0.2) is 23.4 Å². The monoisotopic (exact) mass is 263 g/mol. The van der Waals surface area contributed by atoms with Crippen LogP contribution in [-0.2, 0) is 9.59 Å². The summed E-state index contributed by atoms with van der Waals surface area (Å²) in [4.78, 5) is 37.0. The summed E-state index contributed by atoms with van der Waals surface area (Å²) in [6, 6.07) is 5.25. The third kappa shape index (κ3) is 2.18. The quantitative estimate of drug-likeness (QED) is 0.780. The normalized spacial score (nSPS) is 14.0. The SMILES string of the molecule is CC(=O)N(C(C)=O)c1cccc2c1C(=O)CCS2. The van der Waals surface area contributed by atoms with Crippen LogP contribution in [0.4, 0.5) is 5.69 Å². The Hall–Kier alpha value is -1.62. The number of nitrogens with zero attached hydrogens (tertiary/aromatic N) is 1. The molecule has 5 heteroatoms. The summed E-state index contributed by atoms with van der Waals surface area (Å²) in [5.41, 5.74) is 0.906. The summed E-state index contributed by atoms with van der Waals surface area (Å²) in [5.74, 6) is -0.0134. The van der Waals surface area contributed by atoms with E-state index in [0.29, 0.717) is 17.7 Å². The van der Waals surface area contributed by atoms with Crippen molar-refractivity contribution in [2.75, 3.05) is 10.7 Å². The Bertz CT molecular complexity index is 525. The molecule has 0 bridgehead atoms. The summed E-state index contributed by atoms with van der Waals surface area (Å²) in [5, 5.41) is 0. The van der Waals surface area contributed by atoms with Crippen LogP contribution in [0.2, 0.25) is 0 Å². The minimum atomic E-state index is -0.376. The molecule has 1 aliphatic heterocycles. The van der Waals surface area contributed by atoms with E-state index in [-0.39, 0.29) is 17.6 Å². The fraction of sp³-hybridized carbons (Fsp3) is 0.308. The van der Waals surface area contributed by atoms with Crippen LogP contribution in [0.1, 0.15) is 30.6 Å². The van der Waals surface area contributed by atoms with Gasteiger partial charge in [0.05, 0.1) is 11.3 Å². The summed E-state index contributed by atoms with van der Waals surface area (Å²) < 4.78 is 0. The molecule has 94 valence electrons. The van der Waals surface area contributed by atoms with Gasteiger partial charge in [-0.1, -0.05) is 6.07 Å². The van der Waals surface area contributed by atoms with Crippen LogP contribution >= 0.6 is 11.8 Å². The number of carbonyl (C=O) groups is 3. The Balaban J connectivity index is 2.60. The molecule has 0 radical (unpaired) electrons. The topological polar surface area (TPSA) is 54.5 Å². The van der Waals surface area contributed by atoms with Crippen molar-refractivity contribution in [3.8, 4) is 0 Å². The highest BCUT2D eigenvalue weighted by molar-refractivity contribution is 7.99. The number of imide groups is 1. The van der Waals surface area contributed by atoms with Crippen molar-refractivity contribution in [1.82, 2.24) is 0 Å². The Morgan fingerprint density at radius 3 is 2.50 bits per heavy atom. The molecule has 1 heterocycles. The number of ketones is 1. The molecular weight excluding hydrogens is 250 g/mol. The number of hydrogen-bond acceptors (Lipinski definition) is 4. The summed E-state index contributed by atoms with van der Waals surface area (Å²) in [6.07, 6.45) is 0.443. The fourth-order valence-corrected chi connectivity index (χ4v) is 3.09. The van der Waals surface area contributed by atoms with E-state index >= 15 is 0 Å². The molecule has 0 unspecified atom stereocenters. The van der Waals surface area contributed by atoms with E-state index in [1.54, 1.807) is 23.9 Å². The second kappa shape index (κ2) is 4.94. The van der Waals surface area contributed by atoms with Crippen molar-refractivity contribution >= 4 is 35.0 Å². The zero-order valence-electron chi connectivity index (χ0n) is 10.2. The van der Waals surface area contributed by atoms with Gasteiger partial charge in [0, 0.05) is 30.9 Å². The molecule has 18 heavy (non-hydrogen) atoms. The van der Waals surface area contributed by atoms with Crippen LogP contribution in [0.15, 0.2) is 23.1 Å². The van der Waals surface area contributed by atoms with Crippen molar-refractivity contribution in [1.29, 1.82) is 0 Å². The predicted octanol–water partition coefficient (Wildman–Crippen LogP) is 2.26. The Morgan fingerprint density at radius 1 is 1.22 bits per heavy atom. The number of thioether (sulfide) groups is 1. The average Bonchev–Trinajstić information content (AvgIpc) is 2.28. The van der Waals surface area contributed by atoms with Gasteiger partial charge in [0.2, 0.25) is 11.8 Å². The molecular formula is C13H13NO3S.